The molecule has 0 spiro atoms. The third-order valence-corrected chi connectivity index (χ3v) is 4.33. The Hall–Kier alpha value is -2.83. The van der Waals surface area contributed by atoms with Gasteiger partial charge in [-0.1, -0.05) is 23.7 Å². The van der Waals surface area contributed by atoms with Gasteiger partial charge in [-0.05, 0) is 62.7 Å². The van der Waals surface area contributed by atoms with Crippen molar-refractivity contribution in [1.29, 1.82) is 0 Å². The van der Waals surface area contributed by atoms with Gasteiger partial charge in [0.25, 0.3) is 5.91 Å². The molecule has 29 heavy (non-hydrogen) atoms. The Morgan fingerprint density at radius 1 is 1.10 bits per heavy atom. The minimum atomic E-state index is -1.07. The van der Waals surface area contributed by atoms with Crippen LogP contribution in [0.3, 0.4) is 0 Å². The second kappa shape index (κ2) is 8.27. The lowest BCUT2D eigenvalue weighted by molar-refractivity contribution is 0.0692. The van der Waals surface area contributed by atoms with Gasteiger partial charge in [0.2, 0.25) is 0 Å². The Labute approximate surface area is 173 Å². The second-order valence-electron chi connectivity index (χ2n) is 7.48. The summed E-state index contributed by atoms with van der Waals surface area (Å²) in [7, 11) is 0. The van der Waals surface area contributed by atoms with Crippen molar-refractivity contribution in [3.05, 3.63) is 70.6 Å². The van der Waals surface area contributed by atoms with E-state index in [1.54, 1.807) is 57.2 Å². The number of hydrogen-bond acceptors (Lipinski definition) is 4. The lowest BCUT2D eigenvalue weighted by atomic mass is 10.1. The van der Waals surface area contributed by atoms with Crippen molar-refractivity contribution >= 4 is 17.5 Å². The number of aryl methyl sites for hydroxylation is 1. The average Bonchev–Trinajstić information content (AvgIpc) is 2.65. The van der Waals surface area contributed by atoms with Crippen LogP contribution in [0.25, 0.3) is 22.6 Å². The number of nitrogens with zero attached hydrogens (tertiary/aromatic N) is 2. The molecular formula is C22H21ClFN3O2. The van der Waals surface area contributed by atoms with Gasteiger partial charge in [-0.15, -0.1) is 0 Å². The van der Waals surface area contributed by atoms with Crippen molar-refractivity contribution in [3.8, 4) is 22.6 Å². The Balaban J connectivity index is 2.08. The van der Waals surface area contributed by atoms with E-state index < -0.39 is 17.3 Å². The summed E-state index contributed by atoms with van der Waals surface area (Å²) in [6, 6.07) is 13.0. The molecule has 0 fully saturated rings. The minimum Gasteiger partial charge on any atom is -0.389 e. The number of nitrogens with one attached hydrogen (secondary N) is 1. The molecule has 0 saturated carbocycles. The zero-order chi connectivity index (χ0) is 21.2. The molecule has 3 rings (SSSR count). The van der Waals surface area contributed by atoms with Crippen LogP contribution in [0.15, 0.2) is 48.5 Å². The fourth-order valence-corrected chi connectivity index (χ4v) is 2.84. The number of halogens is 2. The third kappa shape index (κ3) is 5.59. The summed E-state index contributed by atoms with van der Waals surface area (Å²) < 4.78 is 13.9. The predicted molar refractivity (Wildman–Crippen MR) is 111 cm³/mol. The van der Waals surface area contributed by atoms with E-state index in [0.717, 1.165) is 5.56 Å². The molecule has 0 radical (unpaired) electrons. The van der Waals surface area contributed by atoms with Gasteiger partial charge in [0.15, 0.2) is 5.82 Å². The highest BCUT2D eigenvalue weighted by Crippen LogP contribution is 2.25. The SMILES string of the molecule is Cc1cc(F)cc(-c2nc(C(=O)NCC(C)(C)O)cc(-c3ccc(Cl)cc3)n2)c1. The molecule has 5 nitrogen and oxygen atoms in total. The Morgan fingerprint density at radius 2 is 1.79 bits per heavy atom. The summed E-state index contributed by atoms with van der Waals surface area (Å²) in [5, 5.41) is 13.1. The average molecular weight is 414 g/mol. The maximum Gasteiger partial charge on any atom is 0.270 e. The van der Waals surface area contributed by atoms with Crippen LogP contribution in [-0.4, -0.2) is 33.1 Å². The van der Waals surface area contributed by atoms with Crippen molar-refractivity contribution < 1.29 is 14.3 Å². The molecule has 2 aromatic carbocycles. The van der Waals surface area contributed by atoms with E-state index in [0.29, 0.717) is 21.8 Å². The summed E-state index contributed by atoms with van der Waals surface area (Å²) in [5.74, 6) is -0.638. The van der Waals surface area contributed by atoms with Crippen molar-refractivity contribution in [2.75, 3.05) is 6.54 Å². The van der Waals surface area contributed by atoms with Crippen LogP contribution in [0.1, 0.15) is 29.9 Å². The van der Waals surface area contributed by atoms with Crippen LogP contribution in [0.4, 0.5) is 4.39 Å². The predicted octanol–water partition coefficient (Wildman–Crippen LogP) is 4.41. The highest BCUT2D eigenvalue weighted by Gasteiger charge is 2.18. The lowest BCUT2D eigenvalue weighted by Crippen LogP contribution is -2.38. The molecule has 3 aromatic rings. The first kappa shape index (κ1) is 20.9. The van der Waals surface area contributed by atoms with Crippen molar-refractivity contribution in [1.82, 2.24) is 15.3 Å². The van der Waals surface area contributed by atoms with E-state index >= 15 is 0 Å². The summed E-state index contributed by atoms with van der Waals surface area (Å²) in [5.41, 5.74) is 1.48. The molecule has 0 aliphatic carbocycles. The Bertz CT molecular complexity index is 1030. The number of carbonyl (C=O) groups is 1. The zero-order valence-electron chi connectivity index (χ0n) is 16.3. The van der Waals surface area contributed by atoms with Gasteiger partial charge in [-0.2, -0.15) is 0 Å². The lowest BCUT2D eigenvalue weighted by Gasteiger charge is -2.17. The Kier molecular flexibility index (Phi) is 5.96. The van der Waals surface area contributed by atoms with Gasteiger partial charge in [0.1, 0.15) is 11.5 Å². The first-order chi connectivity index (χ1) is 13.6. The van der Waals surface area contributed by atoms with Gasteiger partial charge >= 0.3 is 0 Å². The van der Waals surface area contributed by atoms with Gasteiger partial charge in [-0.25, -0.2) is 14.4 Å². The van der Waals surface area contributed by atoms with E-state index in [2.05, 4.69) is 15.3 Å². The molecule has 150 valence electrons. The molecule has 2 N–H and O–H groups in total. The summed E-state index contributed by atoms with van der Waals surface area (Å²) in [6.45, 7) is 5.01. The standard InChI is InChI=1S/C22H21ClFN3O2/c1-13-8-15(10-17(24)9-13)20-26-18(14-4-6-16(23)7-5-14)11-19(27-20)21(28)25-12-22(2,3)29/h4-11,29H,12H2,1-3H3,(H,25,28). The van der Waals surface area contributed by atoms with Crippen molar-refractivity contribution in [2.45, 2.75) is 26.4 Å². The number of benzene rings is 2. The topological polar surface area (TPSA) is 75.1 Å². The smallest absolute Gasteiger partial charge is 0.270 e. The van der Waals surface area contributed by atoms with Gasteiger partial charge < -0.3 is 10.4 Å². The minimum absolute atomic E-state index is 0.0561. The molecule has 0 aliphatic heterocycles. The molecule has 1 amide bonds. The third-order valence-electron chi connectivity index (χ3n) is 4.08. The number of aliphatic hydroxyl groups is 1. The maximum absolute atomic E-state index is 13.9. The molecular weight excluding hydrogens is 393 g/mol. The molecule has 7 heteroatoms. The Morgan fingerprint density at radius 3 is 2.41 bits per heavy atom. The first-order valence-electron chi connectivity index (χ1n) is 9.04. The van der Waals surface area contributed by atoms with E-state index in [-0.39, 0.29) is 18.1 Å². The molecule has 1 aromatic heterocycles. The maximum atomic E-state index is 13.9. The van der Waals surface area contributed by atoms with Crippen LogP contribution < -0.4 is 5.32 Å². The van der Waals surface area contributed by atoms with Crippen LogP contribution >= 0.6 is 11.6 Å². The fourth-order valence-electron chi connectivity index (χ4n) is 2.71. The quantitative estimate of drug-likeness (QED) is 0.649. The largest absolute Gasteiger partial charge is 0.389 e. The van der Waals surface area contributed by atoms with Crippen LogP contribution in [-0.2, 0) is 0 Å². The highest BCUT2D eigenvalue weighted by molar-refractivity contribution is 6.30. The van der Waals surface area contributed by atoms with Crippen molar-refractivity contribution in [2.24, 2.45) is 0 Å². The fraction of sp³-hybridized carbons (Fsp3) is 0.227. The normalized spacial score (nSPS) is 11.4. The van der Waals surface area contributed by atoms with Gasteiger partial charge in [-0.3, -0.25) is 4.79 Å². The van der Waals surface area contributed by atoms with E-state index in [9.17, 15) is 14.3 Å². The molecule has 0 aliphatic rings. The highest BCUT2D eigenvalue weighted by atomic mass is 35.5. The number of amides is 1. The molecule has 1 heterocycles. The molecule has 0 atom stereocenters. The number of aromatic nitrogens is 2. The molecule has 0 bridgehead atoms. The monoisotopic (exact) mass is 413 g/mol. The van der Waals surface area contributed by atoms with Gasteiger partial charge in [0, 0.05) is 22.7 Å². The van der Waals surface area contributed by atoms with Crippen LogP contribution in [0.2, 0.25) is 5.02 Å². The van der Waals surface area contributed by atoms with Crippen molar-refractivity contribution in [3.63, 3.8) is 0 Å². The summed E-state index contributed by atoms with van der Waals surface area (Å²) in [6.07, 6.45) is 0. The molecule has 0 unspecified atom stereocenters. The number of rotatable bonds is 5. The zero-order valence-corrected chi connectivity index (χ0v) is 17.1. The molecule has 0 saturated heterocycles. The van der Waals surface area contributed by atoms with Gasteiger partial charge in [0.05, 0.1) is 11.3 Å². The van der Waals surface area contributed by atoms with Crippen LogP contribution in [0, 0.1) is 12.7 Å². The summed E-state index contributed by atoms with van der Waals surface area (Å²) in [4.78, 5) is 21.5. The summed E-state index contributed by atoms with van der Waals surface area (Å²) >= 11 is 5.96. The second-order valence-corrected chi connectivity index (χ2v) is 7.92. The van der Waals surface area contributed by atoms with E-state index in [1.165, 1.54) is 12.1 Å². The first-order valence-corrected chi connectivity index (χ1v) is 9.42. The van der Waals surface area contributed by atoms with E-state index in [4.69, 9.17) is 11.6 Å². The van der Waals surface area contributed by atoms with E-state index in [1.807, 2.05) is 0 Å². The number of hydrogen-bond donors (Lipinski definition) is 2. The number of carbonyl (C=O) groups excluding carboxylic acids is 1. The van der Waals surface area contributed by atoms with Crippen LogP contribution in [0.5, 0.6) is 0 Å².